The Labute approximate surface area is 131 Å². The van der Waals surface area contributed by atoms with Gasteiger partial charge < -0.3 is 0 Å². The van der Waals surface area contributed by atoms with E-state index in [1.54, 1.807) is 0 Å². The average Bonchev–Trinajstić information content (AvgIpc) is 2.20. The number of hydrogen-bond acceptors (Lipinski definition) is 4. The molecule has 0 fully saturated rings. The largest absolute Gasteiger partial charge is 0.234 e. The maximum Gasteiger partial charge on any atom is 0.234 e. The van der Waals surface area contributed by atoms with E-state index in [-0.39, 0.29) is 0 Å². The summed E-state index contributed by atoms with van der Waals surface area (Å²) in [6, 6.07) is 0. The van der Waals surface area contributed by atoms with E-state index in [0.717, 1.165) is 0 Å². The Morgan fingerprint density at radius 3 is 1.05 bits per heavy atom. The van der Waals surface area contributed by atoms with Crippen LogP contribution in [0.25, 0.3) is 0 Å². The molecule has 0 aromatic heterocycles. The van der Waals surface area contributed by atoms with Crippen molar-refractivity contribution in [3.63, 3.8) is 0 Å². The topological polar surface area (TPSA) is 36.9 Å². The van der Waals surface area contributed by atoms with Crippen molar-refractivity contribution >= 4 is 0 Å². The first-order chi connectivity index (χ1) is 9.25. The van der Waals surface area contributed by atoms with Crippen LogP contribution in [0.5, 0.6) is 0 Å². The highest BCUT2D eigenvalue weighted by Crippen LogP contribution is 2.33. The van der Waals surface area contributed by atoms with E-state index in [2.05, 4.69) is 27.7 Å². The van der Waals surface area contributed by atoms with Gasteiger partial charge in [0.25, 0.3) is 0 Å². The Hall–Kier alpha value is -0.160. The van der Waals surface area contributed by atoms with Crippen molar-refractivity contribution in [1.82, 2.24) is 0 Å². The molecule has 0 rings (SSSR count). The molecule has 0 saturated carbocycles. The summed E-state index contributed by atoms with van der Waals surface area (Å²) in [5.41, 5.74) is -0.797. The van der Waals surface area contributed by atoms with Crippen LogP contribution >= 0.6 is 0 Å². The van der Waals surface area contributed by atoms with Crippen molar-refractivity contribution < 1.29 is 19.6 Å². The molecular weight excluding hydrogens is 268 g/mol. The molecule has 128 valence electrons. The van der Waals surface area contributed by atoms with E-state index in [1.165, 1.54) is 0 Å². The highest BCUT2D eigenvalue weighted by molar-refractivity contribution is 4.72. The molecule has 0 amide bonds. The molecule has 4 heteroatoms. The third-order valence-electron chi connectivity index (χ3n) is 2.33. The summed E-state index contributed by atoms with van der Waals surface area (Å²) in [4.78, 5) is 22.6. The summed E-state index contributed by atoms with van der Waals surface area (Å²) in [7, 11) is 0. The Bertz CT molecular complexity index is 254. The van der Waals surface area contributed by atoms with Gasteiger partial charge in [-0.15, -0.1) is 0 Å². The summed E-state index contributed by atoms with van der Waals surface area (Å²) >= 11 is 0. The van der Waals surface area contributed by atoms with Crippen molar-refractivity contribution in [3.05, 3.63) is 0 Å². The summed E-state index contributed by atoms with van der Waals surface area (Å²) in [6.45, 7) is 20.2. The molecule has 4 nitrogen and oxygen atoms in total. The quantitative estimate of drug-likeness (QED) is 0.348. The third kappa shape index (κ3) is 11.1. The molecule has 0 aliphatic rings. The van der Waals surface area contributed by atoms with Gasteiger partial charge in [-0.1, -0.05) is 27.7 Å². The SMILES string of the molecule is CC(C)CC(CC(C)C)(OOC(C)(C)C)OOC(C)(C)C. The molecule has 0 saturated heterocycles. The Kier molecular flexibility index (Phi) is 7.85. The predicted molar refractivity (Wildman–Crippen MR) is 85.5 cm³/mol. The standard InChI is InChI=1S/C17H36O4/c1-13(2)11-17(12-14(3)4,20-18-15(5,6)7)21-19-16(8,9)10/h13-14H,11-12H2,1-10H3. The normalized spacial score (nSPS) is 14.3. The highest BCUT2D eigenvalue weighted by Gasteiger charge is 2.40. The lowest BCUT2D eigenvalue weighted by molar-refractivity contribution is -0.546. The minimum absolute atomic E-state index is 0.399. The second kappa shape index (κ2) is 7.91. The van der Waals surface area contributed by atoms with Crippen LogP contribution in [0.1, 0.15) is 82.1 Å². The number of rotatable bonds is 8. The lowest BCUT2D eigenvalue weighted by Crippen LogP contribution is -2.43. The predicted octanol–water partition coefficient (Wildman–Crippen LogP) is 5.27. The Morgan fingerprint density at radius 1 is 0.571 bits per heavy atom. The second-order valence-corrected chi connectivity index (χ2v) is 8.66. The molecule has 0 aromatic rings. The Morgan fingerprint density at radius 2 is 0.857 bits per heavy atom. The van der Waals surface area contributed by atoms with Crippen LogP contribution in [0.15, 0.2) is 0 Å². The number of hydrogen-bond donors (Lipinski definition) is 0. The van der Waals surface area contributed by atoms with Gasteiger partial charge >= 0.3 is 0 Å². The van der Waals surface area contributed by atoms with Crippen LogP contribution in [0, 0.1) is 11.8 Å². The van der Waals surface area contributed by atoms with Crippen molar-refractivity contribution in [2.24, 2.45) is 11.8 Å². The van der Waals surface area contributed by atoms with E-state index in [0.29, 0.717) is 24.7 Å². The lowest BCUT2D eigenvalue weighted by atomic mass is 9.94. The molecule has 0 heterocycles. The molecule has 0 atom stereocenters. The maximum absolute atomic E-state index is 5.76. The maximum atomic E-state index is 5.76. The van der Waals surface area contributed by atoms with E-state index in [1.807, 2.05) is 41.5 Å². The fraction of sp³-hybridized carbons (Fsp3) is 1.00. The van der Waals surface area contributed by atoms with Crippen molar-refractivity contribution in [2.75, 3.05) is 0 Å². The van der Waals surface area contributed by atoms with Crippen LogP contribution in [0.3, 0.4) is 0 Å². The summed E-state index contributed by atoms with van der Waals surface area (Å²) in [5, 5.41) is 0. The molecule has 0 N–H and O–H groups in total. The summed E-state index contributed by atoms with van der Waals surface area (Å²) in [5.74, 6) is -0.0881. The Balaban J connectivity index is 5.10. The highest BCUT2D eigenvalue weighted by atomic mass is 17.3. The van der Waals surface area contributed by atoms with Crippen molar-refractivity contribution in [3.8, 4) is 0 Å². The van der Waals surface area contributed by atoms with Gasteiger partial charge in [0.1, 0.15) is 0 Å². The molecule has 0 bridgehead atoms. The van der Waals surface area contributed by atoms with E-state index < -0.39 is 17.0 Å². The molecule has 0 aliphatic carbocycles. The van der Waals surface area contributed by atoms with Gasteiger partial charge in [-0.05, 0) is 53.4 Å². The van der Waals surface area contributed by atoms with Crippen LogP contribution in [0.4, 0.5) is 0 Å². The summed E-state index contributed by atoms with van der Waals surface area (Å²) in [6.07, 6.45) is 1.41. The van der Waals surface area contributed by atoms with Crippen LogP contribution in [-0.2, 0) is 19.6 Å². The van der Waals surface area contributed by atoms with Gasteiger partial charge in [0.15, 0.2) is 0 Å². The average molecular weight is 304 g/mol. The van der Waals surface area contributed by atoms with Gasteiger partial charge in [-0.2, -0.15) is 9.78 Å². The second-order valence-electron chi connectivity index (χ2n) is 8.66. The van der Waals surface area contributed by atoms with Gasteiger partial charge in [-0.25, -0.2) is 9.78 Å². The lowest BCUT2D eigenvalue weighted by Gasteiger charge is -2.37. The molecule has 0 spiro atoms. The van der Waals surface area contributed by atoms with Crippen molar-refractivity contribution in [2.45, 2.75) is 99.1 Å². The minimum Gasteiger partial charge on any atom is -0.228 e. The van der Waals surface area contributed by atoms with Crippen LogP contribution in [0.2, 0.25) is 0 Å². The molecule has 0 aromatic carbocycles. The smallest absolute Gasteiger partial charge is 0.228 e. The van der Waals surface area contributed by atoms with E-state index >= 15 is 0 Å². The molecular formula is C17H36O4. The van der Waals surface area contributed by atoms with Crippen molar-refractivity contribution in [1.29, 1.82) is 0 Å². The van der Waals surface area contributed by atoms with Gasteiger partial charge in [0.2, 0.25) is 5.79 Å². The minimum atomic E-state index is -0.886. The zero-order chi connectivity index (χ0) is 16.9. The van der Waals surface area contributed by atoms with Crippen LogP contribution in [-0.4, -0.2) is 17.0 Å². The monoisotopic (exact) mass is 304 g/mol. The first-order valence-corrected chi connectivity index (χ1v) is 7.98. The zero-order valence-electron chi connectivity index (χ0n) is 15.7. The first kappa shape index (κ1) is 20.8. The third-order valence-corrected chi connectivity index (χ3v) is 2.33. The molecule has 0 unspecified atom stereocenters. The fourth-order valence-electron chi connectivity index (χ4n) is 1.88. The van der Waals surface area contributed by atoms with Crippen LogP contribution < -0.4 is 0 Å². The molecule has 0 aliphatic heterocycles. The van der Waals surface area contributed by atoms with Gasteiger partial charge in [0, 0.05) is 12.8 Å². The zero-order valence-corrected chi connectivity index (χ0v) is 15.7. The van der Waals surface area contributed by atoms with E-state index in [9.17, 15) is 0 Å². The fourth-order valence-corrected chi connectivity index (χ4v) is 1.88. The summed E-state index contributed by atoms with van der Waals surface area (Å²) < 4.78 is 0. The molecule has 21 heavy (non-hydrogen) atoms. The van der Waals surface area contributed by atoms with E-state index in [4.69, 9.17) is 19.6 Å². The van der Waals surface area contributed by atoms with Gasteiger partial charge in [-0.3, -0.25) is 0 Å². The first-order valence-electron chi connectivity index (χ1n) is 7.98. The van der Waals surface area contributed by atoms with Gasteiger partial charge in [0.05, 0.1) is 11.2 Å². The molecule has 0 radical (unpaired) electrons.